The zero-order valence-electron chi connectivity index (χ0n) is 12.2. The topological polar surface area (TPSA) is 69.6 Å². The van der Waals surface area contributed by atoms with E-state index in [0.29, 0.717) is 16.8 Å². The van der Waals surface area contributed by atoms with Gasteiger partial charge < -0.3 is 5.73 Å². The lowest BCUT2D eigenvalue weighted by molar-refractivity contribution is 0.394. The molecule has 5 nitrogen and oxygen atoms in total. The van der Waals surface area contributed by atoms with Crippen LogP contribution in [0.15, 0.2) is 18.2 Å². The van der Waals surface area contributed by atoms with Crippen LogP contribution in [0.5, 0.6) is 0 Å². The van der Waals surface area contributed by atoms with Gasteiger partial charge in [0, 0.05) is 16.3 Å². The molecule has 1 saturated carbocycles. The van der Waals surface area contributed by atoms with E-state index in [2.05, 4.69) is 22.4 Å². The number of tetrazole rings is 1. The highest BCUT2D eigenvalue weighted by Crippen LogP contribution is 2.34. The Morgan fingerprint density at radius 3 is 2.95 bits per heavy atom. The number of rotatable bonds is 2. The molecule has 0 bridgehead atoms. The van der Waals surface area contributed by atoms with Gasteiger partial charge in [-0.05, 0) is 53.8 Å². The summed E-state index contributed by atoms with van der Waals surface area (Å²) in [4.78, 5) is 0. The molecule has 0 saturated heterocycles. The maximum Gasteiger partial charge on any atom is 0.184 e. The second-order valence-corrected chi connectivity index (χ2v) is 6.38. The quantitative estimate of drug-likeness (QED) is 0.678. The SMILES string of the molecule is CC1CCCC(n2nnnc2-c2cc(Cl)ccc2N)CC1. The molecule has 2 atom stereocenters. The summed E-state index contributed by atoms with van der Waals surface area (Å²) in [5.41, 5.74) is 7.52. The summed E-state index contributed by atoms with van der Waals surface area (Å²) < 4.78 is 1.93. The minimum atomic E-state index is 0.346. The summed E-state index contributed by atoms with van der Waals surface area (Å²) in [6.07, 6.45) is 5.95. The van der Waals surface area contributed by atoms with Crippen molar-refractivity contribution in [2.24, 2.45) is 5.92 Å². The Morgan fingerprint density at radius 1 is 1.24 bits per heavy atom. The van der Waals surface area contributed by atoms with Gasteiger partial charge in [0.2, 0.25) is 0 Å². The molecule has 0 amide bonds. The van der Waals surface area contributed by atoms with Gasteiger partial charge in [-0.3, -0.25) is 0 Å². The predicted molar refractivity (Wildman–Crippen MR) is 84.0 cm³/mol. The molecule has 3 rings (SSSR count). The van der Waals surface area contributed by atoms with E-state index in [0.717, 1.165) is 30.1 Å². The summed E-state index contributed by atoms with van der Waals surface area (Å²) in [6, 6.07) is 5.75. The lowest BCUT2D eigenvalue weighted by Crippen LogP contribution is -2.12. The first-order chi connectivity index (χ1) is 10.1. The van der Waals surface area contributed by atoms with Gasteiger partial charge in [0.15, 0.2) is 5.82 Å². The third kappa shape index (κ3) is 3.02. The zero-order chi connectivity index (χ0) is 14.8. The van der Waals surface area contributed by atoms with Crippen molar-refractivity contribution in [3.63, 3.8) is 0 Å². The molecular formula is C15H20ClN5. The van der Waals surface area contributed by atoms with Gasteiger partial charge in [-0.15, -0.1) is 5.10 Å². The molecule has 1 aromatic carbocycles. The van der Waals surface area contributed by atoms with Crippen LogP contribution >= 0.6 is 11.6 Å². The van der Waals surface area contributed by atoms with Gasteiger partial charge in [-0.2, -0.15) is 0 Å². The number of halogens is 1. The van der Waals surface area contributed by atoms with Gasteiger partial charge in [0.05, 0.1) is 6.04 Å². The van der Waals surface area contributed by atoms with E-state index in [9.17, 15) is 0 Å². The Labute approximate surface area is 129 Å². The number of nitrogen functional groups attached to an aromatic ring is 1. The van der Waals surface area contributed by atoms with E-state index in [1.165, 1.54) is 19.3 Å². The number of nitrogens with zero attached hydrogens (tertiary/aromatic N) is 4. The number of hydrogen-bond acceptors (Lipinski definition) is 4. The lowest BCUT2D eigenvalue weighted by atomic mass is 10.0. The fourth-order valence-electron chi connectivity index (χ4n) is 3.05. The van der Waals surface area contributed by atoms with Gasteiger partial charge in [-0.1, -0.05) is 31.4 Å². The first kappa shape index (κ1) is 14.3. The smallest absolute Gasteiger partial charge is 0.184 e. The van der Waals surface area contributed by atoms with Gasteiger partial charge >= 0.3 is 0 Å². The number of nitrogens with two attached hydrogens (primary N) is 1. The molecule has 2 N–H and O–H groups in total. The van der Waals surface area contributed by atoms with Crippen molar-refractivity contribution in [2.75, 3.05) is 5.73 Å². The number of benzene rings is 1. The normalized spacial score (nSPS) is 23.0. The average molecular weight is 306 g/mol. The van der Waals surface area contributed by atoms with Crippen molar-refractivity contribution >= 4 is 17.3 Å². The Kier molecular flexibility index (Phi) is 4.10. The van der Waals surface area contributed by atoms with Crippen LogP contribution in [0.3, 0.4) is 0 Å². The van der Waals surface area contributed by atoms with Crippen LogP contribution in [-0.4, -0.2) is 20.2 Å². The molecule has 2 unspecified atom stereocenters. The van der Waals surface area contributed by atoms with Gasteiger partial charge in [-0.25, -0.2) is 4.68 Å². The second-order valence-electron chi connectivity index (χ2n) is 5.95. The second kappa shape index (κ2) is 6.02. The fourth-order valence-corrected chi connectivity index (χ4v) is 3.22. The van der Waals surface area contributed by atoms with Gasteiger partial charge in [0.25, 0.3) is 0 Å². The third-order valence-electron chi connectivity index (χ3n) is 4.32. The third-order valence-corrected chi connectivity index (χ3v) is 4.56. The standard InChI is InChI=1S/C15H20ClN5/c1-10-3-2-4-12(7-5-10)21-15(18-19-20-21)13-9-11(16)6-8-14(13)17/h6,8-10,12H,2-5,7,17H2,1H3. The first-order valence-corrected chi connectivity index (χ1v) is 7.86. The van der Waals surface area contributed by atoms with E-state index in [1.807, 2.05) is 10.7 Å². The summed E-state index contributed by atoms with van der Waals surface area (Å²) in [6.45, 7) is 2.32. The minimum absolute atomic E-state index is 0.346. The van der Waals surface area contributed by atoms with Crippen LogP contribution < -0.4 is 5.73 Å². The molecule has 1 aliphatic carbocycles. The maximum atomic E-state index is 6.08. The summed E-state index contributed by atoms with van der Waals surface area (Å²) >= 11 is 6.08. The van der Waals surface area contributed by atoms with Crippen molar-refractivity contribution in [3.8, 4) is 11.4 Å². The van der Waals surface area contributed by atoms with Crippen LogP contribution in [0.2, 0.25) is 5.02 Å². The average Bonchev–Trinajstić information content (AvgIpc) is 2.84. The fraction of sp³-hybridized carbons (Fsp3) is 0.533. The molecule has 6 heteroatoms. The van der Waals surface area contributed by atoms with Crippen LogP contribution in [0, 0.1) is 5.92 Å². The highest BCUT2D eigenvalue weighted by atomic mass is 35.5. The highest BCUT2D eigenvalue weighted by molar-refractivity contribution is 6.31. The lowest BCUT2D eigenvalue weighted by Gasteiger charge is -2.16. The van der Waals surface area contributed by atoms with Crippen LogP contribution in [0.4, 0.5) is 5.69 Å². The first-order valence-electron chi connectivity index (χ1n) is 7.48. The number of anilines is 1. The van der Waals surface area contributed by atoms with Crippen molar-refractivity contribution in [3.05, 3.63) is 23.2 Å². The predicted octanol–water partition coefficient (Wildman–Crippen LogP) is 3.72. The molecule has 0 radical (unpaired) electrons. The highest BCUT2D eigenvalue weighted by Gasteiger charge is 2.23. The summed E-state index contributed by atoms with van der Waals surface area (Å²) in [7, 11) is 0. The minimum Gasteiger partial charge on any atom is -0.398 e. The Hall–Kier alpha value is -1.62. The summed E-state index contributed by atoms with van der Waals surface area (Å²) in [5, 5.41) is 12.9. The molecular weight excluding hydrogens is 286 g/mol. The Bertz CT molecular complexity index is 624. The van der Waals surface area contributed by atoms with Crippen LogP contribution in [-0.2, 0) is 0 Å². The van der Waals surface area contributed by atoms with E-state index in [4.69, 9.17) is 17.3 Å². The largest absolute Gasteiger partial charge is 0.398 e. The zero-order valence-corrected chi connectivity index (χ0v) is 12.9. The number of aromatic nitrogens is 4. The molecule has 21 heavy (non-hydrogen) atoms. The molecule has 0 spiro atoms. The van der Waals surface area contributed by atoms with E-state index < -0.39 is 0 Å². The molecule has 1 fully saturated rings. The van der Waals surface area contributed by atoms with Gasteiger partial charge in [0.1, 0.15) is 0 Å². The van der Waals surface area contributed by atoms with Crippen molar-refractivity contribution in [1.82, 2.24) is 20.2 Å². The summed E-state index contributed by atoms with van der Waals surface area (Å²) in [5.74, 6) is 1.50. The monoisotopic (exact) mass is 305 g/mol. The van der Waals surface area contributed by atoms with E-state index in [1.54, 1.807) is 12.1 Å². The molecule has 1 heterocycles. The maximum absolute atomic E-state index is 6.08. The molecule has 2 aromatic rings. The van der Waals surface area contributed by atoms with Crippen LogP contribution in [0.1, 0.15) is 45.1 Å². The number of hydrogen-bond donors (Lipinski definition) is 1. The van der Waals surface area contributed by atoms with Crippen molar-refractivity contribution in [1.29, 1.82) is 0 Å². The molecule has 112 valence electrons. The van der Waals surface area contributed by atoms with Crippen molar-refractivity contribution < 1.29 is 0 Å². The van der Waals surface area contributed by atoms with E-state index >= 15 is 0 Å². The molecule has 0 aliphatic heterocycles. The van der Waals surface area contributed by atoms with E-state index in [-0.39, 0.29) is 0 Å². The Balaban J connectivity index is 1.95. The molecule has 1 aliphatic rings. The Morgan fingerprint density at radius 2 is 2.10 bits per heavy atom. The molecule has 1 aromatic heterocycles. The van der Waals surface area contributed by atoms with Crippen molar-refractivity contribution in [2.45, 2.75) is 45.1 Å². The van der Waals surface area contributed by atoms with Crippen LogP contribution in [0.25, 0.3) is 11.4 Å².